The average molecular weight is 233 g/mol. The van der Waals surface area contributed by atoms with E-state index in [0.29, 0.717) is 6.04 Å². The molecule has 1 N–H and O–H groups in total. The Balaban J connectivity index is 1.84. The summed E-state index contributed by atoms with van der Waals surface area (Å²) in [6.45, 7) is 8.72. The average Bonchev–Trinajstić information content (AvgIpc) is 2.81. The van der Waals surface area contributed by atoms with Gasteiger partial charge in [0.25, 0.3) is 0 Å². The van der Waals surface area contributed by atoms with Gasteiger partial charge in [-0.2, -0.15) is 0 Å². The van der Waals surface area contributed by atoms with Gasteiger partial charge in [-0.3, -0.25) is 9.88 Å². The number of rotatable bonds is 5. The van der Waals surface area contributed by atoms with E-state index < -0.39 is 0 Å². The predicted octanol–water partition coefficient (Wildman–Crippen LogP) is 2.18. The standard InChI is InChI=1S/C14H23N3/c1-12(2)15-9-13-5-6-14(16-10-13)11-17-7-3-4-8-17/h5-6,10,12,15H,3-4,7-9,11H2,1-2H3. The highest BCUT2D eigenvalue weighted by molar-refractivity contribution is 5.14. The Kier molecular flexibility index (Phi) is 4.51. The van der Waals surface area contributed by atoms with Gasteiger partial charge in [0.1, 0.15) is 0 Å². The van der Waals surface area contributed by atoms with Gasteiger partial charge in [0.15, 0.2) is 0 Å². The molecule has 94 valence electrons. The normalized spacial score (nSPS) is 16.9. The van der Waals surface area contributed by atoms with Crippen LogP contribution in [-0.2, 0) is 13.1 Å². The van der Waals surface area contributed by atoms with E-state index in [9.17, 15) is 0 Å². The summed E-state index contributed by atoms with van der Waals surface area (Å²) < 4.78 is 0. The summed E-state index contributed by atoms with van der Waals surface area (Å²) in [4.78, 5) is 7.02. The maximum atomic E-state index is 4.54. The summed E-state index contributed by atoms with van der Waals surface area (Å²) in [5.74, 6) is 0. The Morgan fingerprint density at radius 3 is 2.65 bits per heavy atom. The molecule has 1 aliphatic rings. The number of hydrogen-bond acceptors (Lipinski definition) is 3. The molecule has 0 bridgehead atoms. The molecule has 1 saturated heterocycles. The minimum atomic E-state index is 0.527. The molecule has 0 aliphatic carbocycles. The Labute approximate surface area is 104 Å². The Morgan fingerprint density at radius 1 is 1.29 bits per heavy atom. The van der Waals surface area contributed by atoms with Crippen LogP contribution in [0.1, 0.15) is 37.9 Å². The van der Waals surface area contributed by atoms with Crippen molar-refractivity contribution in [2.75, 3.05) is 13.1 Å². The van der Waals surface area contributed by atoms with Crippen molar-refractivity contribution in [3.8, 4) is 0 Å². The molecule has 0 saturated carbocycles. The van der Waals surface area contributed by atoms with Crippen molar-refractivity contribution in [3.05, 3.63) is 29.6 Å². The molecule has 3 heteroatoms. The van der Waals surface area contributed by atoms with Crippen molar-refractivity contribution < 1.29 is 0 Å². The van der Waals surface area contributed by atoms with Crippen molar-refractivity contribution in [1.29, 1.82) is 0 Å². The Hall–Kier alpha value is -0.930. The van der Waals surface area contributed by atoms with Crippen molar-refractivity contribution in [2.24, 2.45) is 0 Å². The SMILES string of the molecule is CC(C)NCc1ccc(CN2CCCC2)nc1. The summed E-state index contributed by atoms with van der Waals surface area (Å²) in [5.41, 5.74) is 2.46. The van der Waals surface area contributed by atoms with Crippen LogP contribution in [0.4, 0.5) is 0 Å². The quantitative estimate of drug-likeness (QED) is 0.845. The van der Waals surface area contributed by atoms with Crippen LogP contribution in [0.2, 0.25) is 0 Å². The second-order valence-electron chi connectivity index (χ2n) is 5.18. The third kappa shape index (κ3) is 4.10. The molecular formula is C14H23N3. The summed E-state index contributed by atoms with van der Waals surface area (Å²) in [7, 11) is 0. The first-order valence-corrected chi connectivity index (χ1v) is 6.63. The van der Waals surface area contributed by atoms with E-state index in [1.807, 2.05) is 6.20 Å². The zero-order valence-electron chi connectivity index (χ0n) is 10.9. The van der Waals surface area contributed by atoms with E-state index in [-0.39, 0.29) is 0 Å². The summed E-state index contributed by atoms with van der Waals surface area (Å²) in [6, 6.07) is 4.88. The van der Waals surface area contributed by atoms with Crippen LogP contribution < -0.4 is 5.32 Å². The molecule has 1 aliphatic heterocycles. The molecular weight excluding hydrogens is 210 g/mol. The lowest BCUT2D eigenvalue weighted by Gasteiger charge is -2.14. The largest absolute Gasteiger partial charge is 0.310 e. The minimum Gasteiger partial charge on any atom is -0.310 e. The van der Waals surface area contributed by atoms with E-state index in [0.717, 1.165) is 13.1 Å². The van der Waals surface area contributed by atoms with Crippen molar-refractivity contribution in [3.63, 3.8) is 0 Å². The zero-order chi connectivity index (χ0) is 12.1. The molecule has 3 nitrogen and oxygen atoms in total. The zero-order valence-corrected chi connectivity index (χ0v) is 10.9. The van der Waals surface area contributed by atoms with Crippen LogP contribution in [0.3, 0.4) is 0 Å². The topological polar surface area (TPSA) is 28.2 Å². The Bertz CT molecular complexity index is 326. The van der Waals surface area contributed by atoms with E-state index in [1.165, 1.54) is 37.2 Å². The highest BCUT2D eigenvalue weighted by atomic mass is 15.1. The van der Waals surface area contributed by atoms with E-state index >= 15 is 0 Å². The van der Waals surface area contributed by atoms with Crippen molar-refractivity contribution in [1.82, 2.24) is 15.2 Å². The van der Waals surface area contributed by atoms with Crippen LogP contribution in [0.25, 0.3) is 0 Å². The number of nitrogens with one attached hydrogen (secondary N) is 1. The number of aromatic nitrogens is 1. The predicted molar refractivity (Wildman–Crippen MR) is 70.7 cm³/mol. The van der Waals surface area contributed by atoms with Gasteiger partial charge >= 0.3 is 0 Å². The first-order chi connectivity index (χ1) is 8.24. The fraction of sp³-hybridized carbons (Fsp3) is 0.643. The first-order valence-electron chi connectivity index (χ1n) is 6.63. The van der Waals surface area contributed by atoms with Gasteiger partial charge in [-0.05, 0) is 37.6 Å². The van der Waals surface area contributed by atoms with Gasteiger partial charge in [0.2, 0.25) is 0 Å². The molecule has 1 fully saturated rings. The molecule has 0 atom stereocenters. The molecule has 1 aromatic heterocycles. The molecule has 0 spiro atoms. The lowest BCUT2D eigenvalue weighted by atomic mass is 10.2. The summed E-state index contributed by atoms with van der Waals surface area (Å²) >= 11 is 0. The van der Waals surface area contributed by atoms with Crippen molar-refractivity contribution in [2.45, 2.75) is 45.8 Å². The van der Waals surface area contributed by atoms with E-state index in [4.69, 9.17) is 0 Å². The van der Waals surface area contributed by atoms with Gasteiger partial charge < -0.3 is 5.32 Å². The number of pyridine rings is 1. The lowest BCUT2D eigenvalue weighted by molar-refractivity contribution is 0.327. The maximum absolute atomic E-state index is 4.54. The van der Waals surface area contributed by atoms with Gasteiger partial charge in [0.05, 0.1) is 5.69 Å². The molecule has 2 rings (SSSR count). The molecule has 0 radical (unpaired) electrons. The molecule has 1 aromatic rings. The highest BCUT2D eigenvalue weighted by Crippen LogP contribution is 2.11. The smallest absolute Gasteiger partial charge is 0.0544 e. The van der Waals surface area contributed by atoms with Crippen LogP contribution in [-0.4, -0.2) is 29.0 Å². The molecule has 0 amide bonds. The third-order valence-corrected chi connectivity index (χ3v) is 3.18. The van der Waals surface area contributed by atoms with Crippen LogP contribution in [0.5, 0.6) is 0 Å². The minimum absolute atomic E-state index is 0.527. The Morgan fingerprint density at radius 2 is 2.06 bits per heavy atom. The molecule has 17 heavy (non-hydrogen) atoms. The van der Waals surface area contributed by atoms with E-state index in [2.05, 4.69) is 41.2 Å². The number of likely N-dealkylation sites (tertiary alicyclic amines) is 1. The number of nitrogens with zero attached hydrogens (tertiary/aromatic N) is 2. The lowest BCUT2D eigenvalue weighted by Crippen LogP contribution is -2.22. The molecule has 0 unspecified atom stereocenters. The number of hydrogen-bond donors (Lipinski definition) is 1. The molecule has 0 aromatic carbocycles. The monoisotopic (exact) mass is 233 g/mol. The van der Waals surface area contributed by atoms with E-state index in [1.54, 1.807) is 0 Å². The third-order valence-electron chi connectivity index (χ3n) is 3.18. The van der Waals surface area contributed by atoms with Gasteiger partial charge in [-0.25, -0.2) is 0 Å². The summed E-state index contributed by atoms with van der Waals surface area (Å²) in [6.07, 6.45) is 4.69. The maximum Gasteiger partial charge on any atom is 0.0544 e. The fourth-order valence-corrected chi connectivity index (χ4v) is 2.15. The van der Waals surface area contributed by atoms with Gasteiger partial charge in [-0.15, -0.1) is 0 Å². The second kappa shape index (κ2) is 6.12. The molecule has 2 heterocycles. The van der Waals surface area contributed by atoms with Crippen LogP contribution in [0.15, 0.2) is 18.3 Å². The van der Waals surface area contributed by atoms with Crippen molar-refractivity contribution >= 4 is 0 Å². The van der Waals surface area contributed by atoms with Gasteiger partial charge in [0, 0.05) is 25.3 Å². The van der Waals surface area contributed by atoms with Crippen LogP contribution >= 0.6 is 0 Å². The summed E-state index contributed by atoms with van der Waals surface area (Å²) in [5, 5.41) is 3.40. The highest BCUT2D eigenvalue weighted by Gasteiger charge is 2.11. The van der Waals surface area contributed by atoms with Crippen LogP contribution in [0, 0.1) is 0 Å². The second-order valence-corrected chi connectivity index (χ2v) is 5.18. The first kappa shape index (κ1) is 12.5. The fourth-order valence-electron chi connectivity index (χ4n) is 2.15. The van der Waals surface area contributed by atoms with Gasteiger partial charge in [-0.1, -0.05) is 19.9 Å².